The second-order valence-electron chi connectivity index (χ2n) is 17.4. The van der Waals surface area contributed by atoms with Crippen molar-refractivity contribution in [1.29, 1.82) is 0 Å². The van der Waals surface area contributed by atoms with E-state index in [0.717, 1.165) is 46.7 Å². The molecule has 6 aliphatic rings. The molecule has 10 atom stereocenters. The van der Waals surface area contributed by atoms with Crippen LogP contribution in [0.3, 0.4) is 0 Å². The van der Waals surface area contributed by atoms with Crippen molar-refractivity contribution < 1.29 is 0 Å². The molecular formula is C47H57N3S. The summed E-state index contributed by atoms with van der Waals surface area (Å²) in [4.78, 5) is 1.57. The minimum Gasteiger partial charge on any atom is -0.286 e. The van der Waals surface area contributed by atoms with E-state index in [9.17, 15) is 0 Å². The van der Waals surface area contributed by atoms with Crippen molar-refractivity contribution in [1.82, 2.24) is 16.0 Å². The molecule has 0 aromatic heterocycles. The predicted molar refractivity (Wildman–Crippen MR) is 214 cm³/mol. The van der Waals surface area contributed by atoms with Gasteiger partial charge in [-0.2, -0.15) is 0 Å². The van der Waals surface area contributed by atoms with E-state index in [-0.39, 0.29) is 6.17 Å². The summed E-state index contributed by atoms with van der Waals surface area (Å²) in [6.45, 7) is 0. The van der Waals surface area contributed by atoms with Crippen LogP contribution >= 0.6 is 11.8 Å². The zero-order valence-electron chi connectivity index (χ0n) is 30.3. The lowest BCUT2D eigenvalue weighted by atomic mass is 9.55. The van der Waals surface area contributed by atoms with E-state index < -0.39 is 0 Å². The highest BCUT2D eigenvalue weighted by Gasteiger charge is 2.49. The normalized spacial score (nSPS) is 35.5. The minimum absolute atomic E-state index is 0.238. The molecule has 0 amide bonds. The van der Waals surface area contributed by atoms with Crippen molar-refractivity contribution in [3.8, 4) is 11.1 Å². The average Bonchev–Trinajstić information content (AvgIpc) is 3.58. The second-order valence-corrected chi connectivity index (χ2v) is 18.6. The third-order valence-electron chi connectivity index (χ3n) is 14.8. The van der Waals surface area contributed by atoms with Gasteiger partial charge >= 0.3 is 0 Å². The lowest BCUT2D eigenvalue weighted by Gasteiger charge is -2.54. The average molecular weight is 696 g/mol. The van der Waals surface area contributed by atoms with Crippen LogP contribution < -0.4 is 16.0 Å². The third kappa shape index (κ3) is 6.41. The monoisotopic (exact) mass is 695 g/mol. The largest absolute Gasteiger partial charge is 0.286 e. The van der Waals surface area contributed by atoms with Crippen LogP contribution in [0.25, 0.3) is 21.9 Å². The van der Waals surface area contributed by atoms with Gasteiger partial charge in [0.1, 0.15) is 0 Å². The number of thioether (sulfide) groups is 1. The summed E-state index contributed by atoms with van der Waals surface area (Å²) in [5.41, 5.74) is 5.78. The lowest BCUT2D eigenvalue weighted by molar-refractivity contribution is -0.0247. The highest BCUT2D eigenvalue weighted by atomic mass is 32.2. The summed E-state index contributed by atoms with van der Waals surface area (Å²) in [6, 6.07) is 34.4. The van der Waals surface area contributed by atoms with Gasteiger partial charge in [0.2, 0.25) is 0 Å². The van der Waals surface area contributed by atoms with Crippen LogP contribution in [0.4, 0.5) is 0 Å². The Morgan fingerprint density at radius 1 is 0.490 bits per heavy atom. The lowest BCUT2D eigenvalue weighted by Crippen LogP contribution is -2.68. The number of nitrogens with one attached hydrogen (secondary N) is 3. The molecule has 0 spiro atoms. The summed E-state index contributed by atoms with van der Waals surface area (Å²) >= 11 is 2.24. The minimum atomic E-state index is 0.238. The molecule has 1 saturated heterocycles. The van der Waals surface area contributed by atoms with Gasteiger partial charge in [-0.25, -0.2) is 0 Å². The molecule has 3 N–H and O–H groups in total. The number of benzene rings is 4. The maximum atomic E-state index is 4.26. The molecule has 4 saturated carbocycles. The molecule has 4 heteroatoms. The van der Waals surface area contributed by atoms with Crippen molar-refractivity contribution in [2.75, 3.05) is 0 Å². The number of hydrogen-bond acceptors (Lipinski definition) is 4. The van der Waals surface area contributed by atoms with Gasteiger partial charge in [0, 0.05) is 10.1 Å². The first kappa shape index (κ1) is 33.0. The Balaban J connectivity index is 0.849. The van der Waals surface area contributed by atoms with Crippen LogP contribution in [0.1, 0.15) is 113 Å². The van der Waals surface area contributed by atoms with Crippen molar-refractivity contribution in [2.24, 2.45) is 35.5 Å². The smallest absolute Gasteiger partial charge is 0.0859 e. The molecule has 266 valence electrons. The van der Waals surface area contributed by atoms with Crippen molar-refractivity contribution >= 4 is 22.5 Å². The van der Waals surface area contributed by atoms with Gasteiger partial charge in [-0.1, -0.05) is 111 Å². The Morgan fingerprint density at radius 3 is 2.06 bits per heavy atom. The maximum Gasteiger partial charge on any atom is 0.0859 e. The van der Waals surface area contributed by atoms with E-state index >= 15 is 0 Å². The molecule has 51 heavy (non-hydrogen) atoms. The number of fused-ring (bicyclic) bond motifs is 5. The molecule has 4 aromatic carbocycles. The zero-order chi connectivity index (χ0) is 33.7. The Labute approximate surface area is 310 Å². The molecule has 10 unspecified atom stereocenters. The fourth-order valence-corrected chi connectivity index (χ4v) is 13.9. The van der Waals surface area contributed by atoms with Gasteiger partial charge in [-0.3, -0.25) is 16.0 Å². The van der Waals surface area contributed by atoms with E-state index in [4.69, 9.17) is 0 Å². The Hall–Kier alpha value is -2.63. The summed E-state index contributed by atoms with van der Waals surface area (Å²) < 4.78 is 0. The van der Waals surface area contributed by atoms with Crippen LogP contribution in [0.15, 0.2) is 95.9 Å². The van der Waals surface area contributed by atoms with E-state index in [0.29, 0.717) is 12.3 Å². The molecule has 10 rings (SSSR count). The Morgan fingerprint density at radius 2 is 1.20 bits per heavy atom. The predicted octanol–water partition coefficient (Wildman–Crippen LogP) is 11.4. The molecule has 5 fully saturated rings. The molecular weight excluding hydrogens is 639 g/mol. The highest BCUT2D eigenvalue weighted by molar-refractivity contribution is 8.00. The van der Waals surface area contributed by atoms with E-state index in [1.54, 1.807) is 10.5 Å². The molecule has 2 aliphatic heterocycles. The molecule has 2 heterocycles. The fourth-order valence-electron chi connectivity index (χ4n) is 12.3. The third-order valence-corrected chi connectivity index (χ3v) is 16.2. The van der Waals surface area contributed by atoms with E-state index in [1.165, 1.54) is 117 Å². The summed E-state index contributed by atoms with van der Waals surface area (Å²) in [6.07, 6.45) is 20.9. The SMILES string of the molecule is c1ccc(C2NC(C3CCCCC3)NC(C3CCC(C4CCC5c6ccc(-c7ccc8ccccc8c7)cc6SC5C4)C4CCCCC34)N2)cc1. The fraction of sp³-hybridized carbons (Fsp3) is 0.532. The molecule has 3 nitrogen and oxygen atoms in total. The summed E-state index contributed by atoms with van der Waals surface area (Å²) in [5.74, 6) is 5.83. The van der Waals surface area contributed by atoms with Gasteiger partial charge in [-0.15, -0.1) is 11.8 Å². The first-order chi connectivity index (χ1) is 25.2. The van der Waals surface area contributed by atoms with Gasteiger partial charge < -0.3 is 0 Å². The van der Waals surface area contributed by atoms with Crippen LogP contribution in [-0.2, 0) is 0 Å². The topological polar surface area (TPSA) is 36.1 Å². The molecule has 4 aliphatic carbocycles. The van der Waals surface area contributed by atoms with Crippen LogP contribution in [0, 0.1) is 35.5 Å². The first-order valence-corrected chi connectivity index (χ1v) is 21.8. The highest BCUT2D eigenvalue weighted by Crippen LogP contribution is 2.58. The Kier molecular flexibility index (Phi) is 9.25. The van der Waals surface area contributed by atoms with Crippen LogP contribution in [0.5, 0.6) is 0 Å². The summed E-state index contributed by atoms with van der Waals surface area (Å²) in [5, 5.41) is 15.9. The standard InChI is InChI=1S/C47H57N3S/c1-3-12-31(13-4-1)45-48-46(32-14-5-2-6-15-32)50-47(49-45)42-26-25-37(38-17-9-10-18-39(38)42)36-22-24-41-40-23-21-35(28-43(40)51-44(41)29-36)34-20-19-30-11-7-8-16-33(30)27-34/h1,3-4,7-8,11-13,16,19-21,23,27-28,32,36-39,41-42,44-50H,2,5-6,9-10,14-15,17-18,22,24-26,29H2. The summed E-state index contributed by atoms with van der Waals surface area (Å²) in [7, 11) is 0. The van der Waals surface area contributed by atoms with Gasteiger partial charge in [0.25, 0.3) is 0 Å². The second kappa shape index (κ2) is 14.3. The van der Waals surface area contributed by atoms with Crippen molar-refractivity contribution in [2.45, 2.75) is 124 Å². The van der Waals surface area contributed by atoms with Gasteiger partial charge in [0.15, 0.2) is 0 Å². The van der Waals surface area contributed by atoms with E-state index in [1.807, 2.05) is 0 Å². The molecule has 0 bridgehead atoms. The van der Waals surface area contributed by atoms with Crippen LogP contribution in [0.2, 0.25) is 0 Å². The van der Waals surface area contributed by atoms with Crippen LogP contribution in [-0.4, -0.2) is 17.6 Å². The quantitative estimate of drug-likeness (QED) is 0.194. The zero-order valence-corrected chi connectivity index (χ0v) is 31.1. The number of rotatable bonds is 5. The molecule has 0 radical (unpaired) electrons. The Bertz CT molecular complexity index is 1820. The molecule has 4 aromatic rings. The van der Waals surface area contributed by atoms with Gasteiger partial charge in [-0.05, 0) is 144 Å². The van der Waals surface area contributed by atoms with E-state index in [2.05, 4.69) is 119 Å². The maximum absolute atomic E-state index is 4.26. The number of hydrogen-bond donors (Lipinski definition) is 3. The van der Waals surface area contributed by atoms with Crippen molar-refractivity contribution in [3.63, 3.8) is 0 Å². The van der Waals surface area contributed by atoms with Gasteiger partial charge in [0.05, 0.1) is 18.5 Å². The first-order valence-electron chi connectivity index (χ1n) is 20.9. The van der Waals surface area contributed by atoms with Crippen molar-refractivity contribution in [3.05, 3.63) is 102 Å².